The summed E-state index contributed by atoms with van der Waals surface area (Å²) in [4.78, 5) is 43.9. The van der Waals surface area contributed by atoms with Crippen LogP contribution in [0.15, 0.2) is 95.8 Å². The van der Waals surface area contributed by atoms with Crippen LogP contribution in [0.5, 0.6) is 11.6 Å². The number of nitrogens with zero attached hydrogens (tertiary/aromatic N) is 11. The number of ether oxygens (including phenoxy) is 2. The number of piperidine rings is 2. The molecule has 2 amide bonds. The summed E-state index contributed by atoms with van der Waals surface area (Å²) in [6.45, 7) is 14.7. The molecule has 1 saturated carbocycles. The van der Waals surface area contributed by atoms with Crippen LogP contribution in [0.3, 0.4) is 0 Å². The van der Waals surface area contributed by atoms with E-state index < -0.39 is 12.0 Å². The summed E-state index contributed by atoms with van der Waals surface area (Å²) in [5.74, 6) is 2.35. The molecule has 8 heterocycles. The van der Waals surface area contributed by atoms with Gasteiger partial charge in [0.2, 0.25) is 17.7 Å². The van der Waals surface area contributed by atoms with E-state index in [9.17, 15) is 14.7 Å². The van der Waals surface area contributed by atoms with Crippen molar-refractivity contribution in [2.45, 2.75) is 108 Å². The molecule has 2 aromatic carbocycles. The van der Waals surface area contributed by atoms with Gasteiger partial charge in [-0.3, -0.25) is 14.3 Å². The monoisotopic (exact) mass is 1060 g/mol. The topological polar surface area (TPSA) is 210 Å². The first-order chi connectivity index (χ1) is 37.9. The van der Waals surface area contributed by atoms with E-state index in [0.29, 0.717) is 47.6 Å². The number of phenols is 1. The summed E-state index contributed by atoms with van der Waals surface area (Å²) < 4.78 is 20.8. The first-order valence-corrected chi connectivity index (χ1v) is 28.2. The van der Waals surface area contributed by atoms with Crippen molar-refractivity contribution < 1.29 is 28.7 Å². The molecule has 1 aliphatic carbocycles. The van der Waals surface area contributed by atoms with Gasteiger partial charge in [0.05, 0.1) is 35.3 Å². The maximum atomic E-state index is 14.4. The molecular weight excluding hydrogens is 987 g/mol. The minimum absolute atomic E-state index is 0.0414. The van der Waals surface area contributed by atoms with E-state index in [1.54, 1.807) is 23.2 Å². The number of hydrogen-bond donors (Lipinski definition) is 3. The third kappa shape index (κ3) is 11.8. The summed E-state index contributed by atoms with van der Waals surface area (Å²) in [5, 5.41) is 30.8. The number of aromatic hydroxyl groups is 1. The molecule has 0 radical (unpaired) electrons. The van der Waals surface area contributed by atoms with Gasteiger partial charge in [-0.05, 0) is 98.7 Å². The Morgan fingerprint density at radius 3 is 2.28 bits per heavy atom. The van der Waals surface area contributed by atoms with Crippen molar-refractivity contribution in [1.82, 2.24) is 45.2 Å². The highest BCUT2D eigenvalue weighted by molar-refractivity contribution is 5.91. The Bertz CT molecular complexity index is 2990. The number of para-hydroxylation sites is 1. The van der Waals surface area contributed by atoms with Gasteiger partial charge >= 0.3 is 0 Å². The zero-order chi connectivity index (χ0) is 53.9. The molecule has 4 aromatic heterocycles. The van der Waals surface area contributed by atoms with Crippen molar-refractivity contribution in [1.29, 1.82) is 0 Å². The minimum atomic E-state index is -0.533. The number of nitrogens with two attached hydrogens (primary N) is 1. The Labute approximate surface area is 457 Å². The molecular formula is C59H75N13O6. The highest BCUT2D eigenvalue weighted by Gasteiger charge is 2.41. The fourth-order valence-electron chi connectivity index (χ4n) is 12.2. The number of anilines is 4. The first-order valence-electron chi connectivity index (χ1n) is 28.2. The number of pyridine rings is 1. The Balaban J connectivity index is 0.584. The number of hydrogen-bond acceptors (Lipinski definition) is 16. The van der Waals surface area contributed by atoms with Crippen molar-refractivity contribution in [2.24, 2.45) is 18.9 Å². The maximum absolute atomic E-state index is 14.4. The number of nitrogen functional groups attached to an aromatic ring is 1. The Kier molecular flexibility index (Phi) is 15.8. The predicted octanol–water partition coefficient (Wildman–Crippen LogP) is 7.46. The summed E-state index contributed by atoms with van der Waals surface area (Å²) >= 11 is 0. The summed E-state index contributed by atoms with van der Waals surface area (Å²) in [6, 6.07) is 24.5. The second kappa shape index (κ2) is 23.4. The smallest absolute Gasteiger partial charge is 0.243 e. The lowest BCUT2D eigenvalue weighted by atomic mass is 9.91. The zero-order valence-corrected chi connectivity index (χ0v) is 45.5. The number of piperazine rings is 1. The number of carbonyl (C=O) groups excluding carboxylic acids is 2. The van der Waals surface area contributed by atoms with Gasteiger partial charge in [0.25, 0.3) is 0 Å². The molecule has 4 saturated heterocycles. The second-order valence-electron chi connectivity index (χ2n) is 22.4. The van der Waals surface area contributed by atoms with E-state index in [1.165, 1.54) is 0 Å². The molecule has 412 valence electrons. The third-order valence-electron chi connectivity index (χ3n) is 16.9. The second-order valence-corrected chi connectivity index (χ2v) is 22.4. The van der Waals surface area contributed by atoms with Crippen LogP contribution in [0.25, 0.3) is 22.5 Å². The molecule has 4 aliphatic heterocycles. The summed E-state index contributed by atoms with van der Waals surface area (Å²) in [7, 11) is 1.92. The minimum Gasteiger partial charge on any atom is -0.507 e. The van der Waals surface area contributed by atoms with Crippen molar-refractivity contribution in [3.8, 4) is 34.1 Å². The van der Waals surface area contributed by atoms with Crippen LogP contribution in [0.4, 0.5) is 23.0 Å². The number of aryl methyl sites for hydroxylation is 1. The average Bonchev–Trinajstić information content (AvgIpc) is 4.29. The van der Waals surface area contributed by atoms with Crippen LogP contribution in [-0.2, 0) is 21.4 Å². The maximum Gasteiger partial charge on any atom is 0.243 e. The Hall–Kier alpha value is -7.25. The van der Waals surface area contributed by atoms with Crippen LogP contribution in [0.1, 0.15) is 95.4 Å². The lowest BCUT2D eigenvalue weighted by Gasteiger charge is -2.41. The number of aromatic nitrogens is 6. The summed E-state index contributed by atoms with van der Waals surface area (Å²) in [6.07, 6.45) is 11.6. The SMILES string of the molecule is CC(C)[C@@H](C(=O)N1CCC[C@H]1C(=O)N[C@@H](C)c1ccc(-c2ccnn2C)cc1)c1cc(N2CCC(CN3CCC(O[C@H]4C[C@H](Oc5cc(N6CCN(c7cc(-c8ccccc8O)nnc7N)CC6)ccn5)C4)CC3)CC2)no1. The van der Waals surface area contributed by atoms with Gasteiger partial charge < -0.3 is 54.7 Å². The standard InChI is InChI=1S/C59H75N13O6/c1-38(2)56(59(75)72-23-7-9-50(72)58(74)63-39(3)41-11-13-42(14-12-41)49-16-22-62-67(49)4)53-36-54(66-78-53)71-26-17-40(18-27-71)37-68-24-19-44(20-25-68)76-45-33-46(34-45)77-55-32-43(15-21-61-55)69-28-30-70(31-29-69)51-35-48(64-65-57(51)60)47-8-5-6-10-52(47)73/h5-6,8,10-16,21-22,32,35-36,38-40,44-46,50,56,73H,7,9,17-20,23-31,33-34,37H2,1-4H3,(H2,60,65)(H,63,74)/t39-,45-,46-,50-,56+/m0/s1. The number of phenolic OH excluding ortho intramolecular Hbond substituents is 1. The van der Waals surface area contributed by atoms with Crippen molar-refractivity contribution in [2.75, 3.05) is 85.9 Å². The van der Waals surface area contributed by atoms with Gasteiger partial charge in [0.1, 0.15) is 23.8 Å². The van der Waals surface area contributed by atoms with Gasteiger partial charge in [-0.1, -0.05) is 55.4 Å². The van der Waals surface area contributed by atoms with Crippen LogP contribution in [-0.4, -0.2) is 147 Å². The molecule has 11 rings (SSSR count). The largest absolute Gasteiger partial charge is 0.507 e. The molecule has 0 unspecified atom stereocenters. The molecule has 4 N–H and O–H groups in total. The lowest BCUT2D eigenvalue weighted by Crippen LogP contribution is -2.48. The van der Waals surface area contributed by atoms with E-state index in [0.717, 1.165) is 138 Å². The molecule has 19 nitrogen and oxygen atoms in total. The van der Waals surface area contributed by atoms with Crippen LogP contribution < -0.4 is 30.5 Å². The third-order valence-corrected chi connectivity index (χ3v) is 16.9. The fourth-order valence-corrected chi connectivity index (χ4v) is 12.2. The van der Waals surface area contributed by atoms with Crippen LogP contribution in [0.2, 0.25) is 0 Å². The van der Waals surface area contributed by atoms with Crippen LogP contribution >= 0.6 is 0 Å². The number of carbonyl (C=O) groups is 2. The molecule has 6 aromatic rings. The van der Waals surface area contributed by atoms with Gasteiger partial charge in [-0.2, -0.15) is 5.10 Å². The van der Waals surface area contributed by atoms with Crippen molar-refractivity contribution in [3.63, 3.8) is 0 Å². The zero-order valence-electron chi connectivity index (χ0n) is 45.5. The van der Waals surface area contributed by atoms with Gasteiger partial charge in [0, 0.05) is 121 Å². The van der Waals surface area contributed by atoms with Gasteiger partial charge in [0.15, 0.2) is 17.4 Å². The average molecular weight is 1060 g/mol. The van der Waals surface area contributed by atoms with E-state index >= 15 is 0 Å². The van der Waals surface area contributed by atoms with Crippen molar-refractivity contribution in [3.05, 3.63) is 103 Å². The Morgan fingerprint density at radius 2 is 1.55 bits per heavy atom. The van der Waals surface area contributed by atoms with E-state index in [4.69, 9.17) is 19.7 Å². The molecule has 19 heteroatoms. The predicted molar refractivity (Wildman–Crippen MR) is 299 cm³/mol. The highest BCUT2D eigenvalue weighted by Crippen LogP contribution is 2.37. The normalized spacial score (nSPS) is 21.4. The quantitative estimate of drug-likeness (QED) is 0.0810. The van der Waals surface area contributed by atoms with Crippen molar-refractivity contribution >= 4 is 34.8 Å². The van der Waals surface area contributed by atoms with Crippen LogP contribution in [0, 0.1) is 11.8 Å². The number of amides is 2. The molecule has 0 spiro atoms. The molecule has 5 fully saturated rings. The highest BCUT2D eigenvalue weighted by atomic mass is 16.5. The molecule has 78 heavy (non-hydrogen) atoms. The molecule has 3 atom stereocenters. The number of benzene rings is 2. The number of likely N-dealkylation sites (tertiary alicyclic amines) is 2. The number of nitrogens with one attached hydrogen (secondary N) is 1. The lowest BCUT2D eigenvalue weighted by molar-refractivity contribution is -0.141. The van der Waals surface area contributed by atoms with E-state index in [1.807, 2.05) is 105 Å². The summed E-state index contributed by atoms with van der Waals surface area (Å²) in [5.41, 5.74) is 12.5. The first kappa shape index (κ1) is 52.8. The van der Waals surface area contributed by atoms with Gasteiger partial charge in [-0.15, -0.1) is 10.2 Å². The van der Waals surface area contributed by atoms with E-state index in [2.05, 4.69) is 50.4 Å². The Morgan fingerprint density at radius 1 is 0.795 bits per heavy atom. The van der Waals surface area contributed by atoms with E-state index in [-0.39, 0.29) is 47.8 Å². The number of rotatable bonds is 17. The fraction of sp³-hybridized carbons (Fsp3) is 0.508. The molecule has 5 aliphatic rings. The van der Waals surface area contributed by atoms with Gasteiger partial charge in [-0.25, -0.2) is 4.98 Å². The molecule has 0 bridgehead atoms.